The van der Waals surface area contributed by atoms with E-state index in [1.54, 1.807) is 0 Å². The molecule has 2 fully saturated rings. The van der Waals surface area contributed by atoms with Gasteiger partial charge in [0.15, 0.2) is 0 Å². The van der Waals surface area contributed by atoms with Gasteiger partial charge >= 0.3 is 0 Å². The van der Waals surface area contributed by atoms with Gasteiger partial charge in [0.2, 0.25) is 0 Å². The van der Waals surface area contributed by atoms with Crippen LogP contribution in [0, 0.1) is 40.9 Å². The minimum absolute atomic E-state index is 0.550. The van der Waals surface area contributed by atoms with Crippen LogP contribution in [0.15, 0.2) is 12.7 Å². The van der Waals surface area contributed by atoms with Gasteiger partial charge in [-0.3, -0.25) is 0 Å². The predicted octanol–water partition coefficient (Wildman–Crippen LogP) is 7.49. The smallest absolute Gasteiger partial charge is 0.0179 e. The lowest BCUT2D eigenvalue weighted by molar-refractivity contribution is -0.0610. The maximum atomic E-state index is 4.18. The zero-order valence-electron chi connectivity index (χ0n) is 16.6. The highest BCUT2D eigenvalue weighted by Gasteiger charge is 2.50. The lowest BCUT2D eigenvalue weighted by Gasteiger charge is -2.56. The van der Waals surface area contributed by atoms with Crippen LogP contribution >= 0.6 is 0 Å². The van der Waals surface area contributed by atoms with Crippen molar-refractivity contribution in [1.82, 2.24) is 0 Å². The van der Waals surface area contributed by atoms with Crippen LogP contribution in [-0.2, 0) is 0 Å². The van der Waals surface area contributed by atoms with Crippen molar-refractivity contribution in [2.45, 2.75) is 92.4 Å². The van der Waals surface area contributed by atoms with Crippen molar-refractivity contribution >= 4 is 0 Å². The Morgan fingerprint density at radius 3 is 2.48 bits per heavy atom. The standard InChI is InChI=1S/C23H42/c1-7-19-13-10-14-22-20(8-2)21(15-16-23(19,22)6)18(5)12-9-11-17(3)4/h7,17-22H,1,8-16H2,2-6H3. The summed E-state index contributed by atoms with van der Waals surface area (Å²) in [6.07, 6.45) is 15.2. The van der Waals surface area contributed by atoms with Crippen molar-refractivity contribution in [3.63, 3.8) is 0 Å². The highest BCUT2D eigenvalue weighted by molar-refractivity contribution is 5.04. The Balaban J connectivity index is 2.05. The molecule has 2 rings (SSSR count). The van der Waals surface area contributed by atoms with E-state index < -0.39 is 0 Å². The van der Waals surface area contributed by atoms with E-state index >= 15 is 0 Å². The Kier molecular flexibility index (Phi) is 6.81. The number of rotatable bonds is 7. The molecule has 0 aliphatic heterocycles. The molecule has 2 aliphatic rings. The van der Waals surface area contributed by atoms with Gasteiger partial charge in [-0.25, -0.2) is 0 Å². The molecule has 0 aromatic carbocycles. The van der Waals surface area contributed by atoms with Gasteiger partial charge < -0.3 is 0 Å². The molecule has 2 saturated carbocycles. The van der Waals surface area contributed by atoms with Crippen LogP contribution < -0.4 is 0 Å². The number of allylic oxidation sites excluding steroid dienone is 1. The molecule has 6 unspecified atom stereocenters. The largest absolute Gasteiger partial charge is 0.103 e. The molecule has 2 aliphatic carbocycles. The molecule has 0 heteroatoms. The minimum Gasteiger partial charge on any atom is -0.103 e. The van der Waals surface area contributed by atoms with Crippen molar-refractivity contribution in [3.8, 4) is 0 Å². The Bertz CT molecular complexity index is 368. The Morgan fingerprint density at radius 2 is 1.87 bits per heavy atom. The fraction of sp³-hybridized carbons (Fsp3) is 0.913. The first-order valence-corrected chi connectivity index (χ1v) is 10.6. The highest BCUT2D eigenvalue weighted by atomic mass is 14.6. The summed E-state index contributed by atoms with van der Waals surface area (Å²) in [5, 5.41) is 0. The fourth-order valence-corrected chi connectivity index (χ4v) is 6.30. The van der Waals surface area contributed by atoms with E-state index in [1.807, 2.05) is 0 Å². The van der Waals surface area contributed by atoms with E-state index in [2.05, 4.69) is 47.3 Å². The zero-order chi connectivity index (χ0) is 17.0. The molecule has 0 N–H and O–H groups in total. The van der Waals surface area contributed by atoms with E-state index in [-0.39, 0.29) is 0 Å². The van der Waals surface area contributed by atoms with E-state index in [0.717, 1.165) is 35.5 Å². The van der Waals surface area contributed by atoms with Crippen molar-refractivity contribution in [1.29, 1.82) is 0 Å². The molecule has 0 saturated heterocycles. The average molecular weight is 319 g/mol. The second kappa shape index (κ2) is 8.21. The van der Waals surface area contributed by atoms with E-state index in [0.29, 0.717) is 5.41 Å². The van der Waals surface area contributed by atoms with Crippen molar-refractivity contribution in [2.75, 3.05) is 0 Å². The number of hydrogen-bond donors (Lipinski definition) is 0. The summed E-state index contributed by atoms with van der Waals surface area (Å²) >= 11 is 0. The molecule has 0 nitrogen and oxygen atoms in total. The molecule has 0 aromatic rings. The van der Waals surface area contributed by atoms with Crippen LogP contribution in [0.3, 0.4) is 0 Å². The summed E-state index contributed by atoms with van der Waals surface area (Å²) in [6, 6.07) is 0. The molecule has 134 valence electrons. The average Bonchev–Trinajstić information content (AvgIpc) is 2.52. The second-order valence-electron chi connectivity index (χ2n) is 9.46. The Morgan fingerprint density at radius 1 is 1.13 bits per heavy atom. The van der Waals surface area contributed by atoms with E-state index in [4.69, 9.17) is 0 Å². The fourth-order valence-electron chi connectivity index (χ4n) is 6.30. The molecule has 0 bridgehead atoms. The normalized spacial score (nSPS) is 39.0. The van der Waals surface area contributed by atoms with Gasteiger partial charge in [0.05, 0.1) is 0 Å². The molecule has 0 spiro atoms. The van der Waals surface area contributed by atoms with Crippen molar-refractivity contribution < 1.29 is 0 Å². The summed E-state index contributed by atoms with van der Waals surface area (Å²) in [4.78, 5) is 0. The minimum atomic E-state index is 0.550. The second-order valence-corrected chi connectivity index (χ2v) is 9.46. The maximum Gasteiger partial charge on any atom is -0.0179 e. The van der Waals surface area contributed by atoms with Gasteiger partial charge in [-0.1, -0.05) is 72.8 Å². The molecule has 23 heavy (non-hydrogen) atoms. The van der Waals surface area contributed by atoms with Crippen LogP contribution in [0.25, 0.3) is 0 Å². The summed E-state index contributed by atoms with van der Waals surface area (Å²) in [7, 11) is 0. The SMILES string of the molecule is C=CC1CCCC2C(CC)C(C(C)CCCC(C)C)CCC12C. The monoisotopic (exact) mass is 318 g/mol. The topological polar surface area (TPSA) is 0 Å². The highest BCUT2D eigenvalue weighted by Crippen LogP contribution is 2.59. The van der Waals surface area contributed by atoms with Crippen LogP contribution in [0.5, 0.6) is 0 Å². The van der Waals surface area contributed by atoms with Gasteiger partial charge in [0, 0.05) is 0 Å². The van der Waals surface area contributed by atoms with Crippen LogP contribution in [0.1, 0.15) is 92.4 Å². The Labute approximate surface area is 146 Å². The molecule has 6 atom stereocenters. The third kappa shape index (κ3) is 4.05. The molecule has 0 radical (unpaired) electrons. The number of fused-ring (bicyclic) bond motifs is 1. The van der Waals surface area contributed by atoms with Gasteiger partial charge in [-0.15, -0.1) is 6.58 Å². The quantitative estimate of drug-likeness (QED) is 0.426. The van der Waals surface area contributed by atoms with Crippen molar-refractivity contribution in [3.05, 3.63) is 12.7 Å². The van der Waals surface area contributed by atoms with Crippen LogP contribution in [0.4, 0.5) is 0 Å². The zero-order valence-corrected chi connectivity index (χ0v) is 16.6. The van der Waals surface area contributed by atoms with Crippen LogP contribution in [-0.4, -0.2) is 0 Å². The third-order valence-corrected chi connectivity index (χ3v) is 7.74. The first-order chi connectivity index (χ1) is 10.9. The summed E-state index contributed by atoms with van der Waals surface area (Å²) in [6.45, 7) is 16.5. The summed E-state index contributed by atoms with van der Waals surface area (Å²) < 4.78 is 0. The maximum absolute atomic E-state index is 4.18. The van der Waals surface area contributed by atoms with Crippen LogP contribution in [0.2, 0.25) is 0 Å². The first kappa shape index (κ1) is 19.1. The lowest BCUT2D eigenvalue weighted by atomic mass is 9.48. The third-order valence-electron chi connectivity index (χ3n) is 7.74. The first-order valence-electron chi connectivity index (χ1n) is 10.6. The molecule has 0 amide bonds. The predicted molar refractivity (Wildman–Crippen MR) is 103 cm³/mol. The van der Waals surface area contributed by atoms with E-state index in [1.165, 1.54) is 57.8 Å². The van der Waals surface area contributed by atoms with E-state index in [9.17, 15) is 0 Å². The van der Waals surface area contributed by atoms with Gasteiger partial charge in [0.25, 0.3) is 0 Å². The Hall–Kier alpha value is -0.260. The molecular formula is C23H42. The van der Waals surface area contributed by atoms with Gasteiger partial charge in [0.1, 0.15) is 0 Å². The summed E-state index contributed by atoms with van der Waals surface area (Å²) in [5.41, 5.74) is 0.550. The van der Waals surface area contributed by atoms with Crippen molar-refractivity contribution in [2.24, 2.45) is 40.9 Å². The molecule has 0 heterocycles. The van der Waals surface area contributed by atoms with Gasteiger partial charge in [-0.2, -0.15) is 0 Å². The van der Waals surface area contributed by atoms with Gasteiger partial charge in [-0.05, 0) is 66.6 Å². The molecule has 0 aromatic heterocycles. The lowest BCUT2D eigenvalue weighted by Crippen LogP contribution is -2.48. The number of hydrogen-bond acceptors (Lipinski definition) is 0. The summed E-state index contributed by atoms with van der Waals surface area (Å²) in [5.74, 6) is 5.46. The molecular weight excluding hydrogens is 276 g/mol.